The molecule has 0 heterocycles. The number of amides is 2. The van der Waals surface area contributed by atoms with Gasteiger partial charge in [0.15, 0.2) is 0 Å². The molecule has 0 saturated carbocycles. The van der Waals surface area contributed by atoms with Crippen molar-refractivity contribution in [2.24, 2.45) is 11.6 Å². The Kier molecular flexibility index (Phi) is 10.3. The Morgan fingerprint density at radius 1 is 1.11 bits per heavy atom. The van der Waals surface area contributed by atoms with E-state index in [-0.39, 0.29) is 11.8 Å². The van der Waals surface area contributed by atoms with E-state index >= 15 is 0 Å². The molecule has 0 unspecified atom stereocenters. The first-order valence-electron chi connectivity index (χ1n) is 6.60. The molecule has 6 nitrogen and oxygen atoms in total. The number of hydrogen-bond donors (Lipinski definition) is 3. The van der Waals surface area contributed by atoms with Crippen LogP contribution in [0.3, 0.4) is 0 Å². The first-order valence-corrected chi connectivity index (χ1v) is 6.60. The van der Waals surface area contributed by atoms with Crippen LogP contribution in [0.15, 0.2) is 0 Å². The second kappa shape index (κ2) is 11.0. The Morgan fingerprint density at radius 3 is 2.33 bits per heavy atom. The van der Waals surface area contributed by atoms with Crippen molar-refractivity contribution in [2.45, 2.75) is 45.4 Å². The van der Waals surface area contributed by atoms with Gasteiger partial charge in [-0.25, -0.2) is 5.84 Å². The summed E-state index contributed by atoms with van der Waals surface area (Å²) in [6.07, 6.45) is 5.38. The maximum Gasteiger partial charge on any atom is 0.233 e. The molecule has 0 aromatic carbocycles. The number of nitrogens with two attached hydrogens (primary N) is 2. The molecule has 0 aliphatic rings. The average molecular weight is 258 g/mol. The zero-order valence-corrected chi connectivity index (χ0v) is 11.3. The quantitative estimate of drug-likeness (QED) is 0.212. The standard InChI is InChI=1S/C12H26N4O2/c1-2-3-8-16(10-11(13)17)9-6-4-5-7-12(18)15-14/h2-10,14H2,1H3,(H2,13,17)(H,15,18). The molecule has 0 saturated heterocycles. The van der Waals surface area contributed by atoms with Gasteiger partial charge in [0, 0.05) is 6.42 Å². The number of nitrogens with zero attached hydrogens (tertiary/aromatic N) is 1. The van der Waals surface area contributed by atoms with Gasteiger partial charge < -0.3 is 5.73 Å². The van der Waals surface area contributed by atoms with Crippen LogP contribution in [0.4, 0.5) is 0 Å². The number of carbonyl (C=O) groups excluding carboxylic acids is 2. The van der Waals surface area contributed by atoms with Gasteiger partial charge in [0.1, 0.15) is 0 Å². The minimum absolute atomic E-state index is 0.130. The van der Waals surface area contributed by atoms with E-state index in [9.17, 15) is 9.59 Å². The highest BCUT2D eigenvalue weighted by Gasteiger charge is 2.07. The van der Waals surface area contributed by atoms with Crippen LogP contribution in [0.25, 0.3) is 0 Å². The Balaban J connectivity index is 3.68. The van der Waals surface area contributed by atoms with E-state index in [2.05, 4.69) is 17.2 Å². The van der Waals surface area contributed by atoms with E-state index in [4.69, 9.17) is 11.6 Å². The van der Waals surface area contributed by atoms with Gasteiger partial charge in [-0.1, -0.05) is 19.8 Å². The van der Waals surface area contributed by atoms with Gasteiger partial charge in [0.05, 0.1) is 6.54 Å². The fourth-order valence-corrected chi connectivity index (χ4v) is 1.74. The molecule has 0 radical (unpaired) electrons. The van der Waals surface area contributed by atoms with E-state index in [1.165, 1.54) is 0 Å². The fraction of sp³-hybridized carbons (Fsp3) is 0.833. The van der Waals surface area contributed by atoms with Crippen LogP contribution in [-0.2, 0) is 9.59 Å². The third-order valence-corrected chi connectivity index (χ3v) is 2.75. The first-order chi connectivity index (χ1) is 8.60. The van der Waals surface area contributed by atoms with Gasteiger partial charge in [0.25, 0.3) is 0 Å². The van der Waals surface area contributed by atoms with E-state index in [0.717, 1.165) is 45.2 Å². The predicted molar refractivity (Wildman–Crippen MR) is 71.3 cm³/mol. The first kappa shape index (κ1) is 16.9. The Bertz CT molecular complexity index is 246. The number of hydrazine groups is 1. The SMILES string of the molecule is CCCCN(CCCCCC(=O)NN)CC(N)=O. The molecule has 6 heteroatoms. The molecule has 0 atom stereocenters. The highest BCUT2D eigenvalue weighted by atomic mass is 16.2. The number of unbranched alkanes of at least 4 members (excludes halogenated alkanes) is 3. The lowest BCUT2D eigenvalue weighted by Crippen LogP contribution is -2.35. The normalized spacial score (nSPS) is 10.6. The summed E-state index contributed by atoms with van der Waals surface area (Å²) >= 11 is 0. The number of carbonyl (C=O) groups is 2. The van der Waals surface area contributed by atoms with Gasteiger partial charge in [-0.05, 0) is 32.4 Å². The Morgan fingerprint density at radius 2 is 1.78 bits per heavy atom. The summed E-state index contributed by atoms with van der Waals surface area (Å²) in [5, 5.41) is 0. The topological polar surface area (TPSA) is 101 Å². The van der Waals surface area contributed by atoms with E-state index < -0.39 is 0 Å². The maximum atomic E-state index is 10.9. The van der Waals surface area contributed by atoms with Crippen molar-refractivity contribution in [2.75, 3.05) is 19.6 Å². The van der Waals surface area contributed by atoms with Crippen molar-refractivity contribution < 1.29 is 9.59 Å². The number of nitrogens with one attached hydrogen (secondary N) is 1. The summed E-state index contributed by atoms with van der Waals surface area (Å²) in [6.45, 7) is 4.20. The second-order valence-electron chi connectivity index (χ2n) is 4.47. The largest absolute Gasteiger partial charge is 0.369 e. The predicted octanol–water partition coefficient (Wildman–Crippen LogP) is 0.124. The van der Waals surface area contributed by atoms with Crippen LogP contribution in [0.1, 0.15) is 45.4 Å². The number of rotatable bonds is 11. The van der Waals surface area contributed by atoms with Crippen molar-refractivity contribution in [3.05, 3.63) is 0 Å². The summed E-state index contributed by atoms with van der Waals surface area (Å²) in [7, 11) is 0. The van der Waals surface area contributed by atoms with Crippen molar-refractivity contribution in [3.8, 4) is 0 Å². The zero-order valence-electron chi connectivity index (χ0n) is 11.3. The van der Waals surface area contributed by atoms with Crippen LogP contribution in [0, 0.1) is 0 Å². The van der Waals surface area contributed by atoms with Gasteiger partial charge in [-0.2, -0.15) is 0 Å². The lowest BCUT2D eigenvalue weighted by Gasteiger charge is -2.20. The summed E-state index contributed by atoms with van der Waals surface area (Å²) in [5.41, 5.74) is 7.31. The van der Waals surface area contributed by atoms with Crippen LogP contribution in [-0.4, -0.2) is 36.3 Å². The van der Waals surface area contributed by atoms with E-state index in [1.807, 2.05) is 0 Å². The van der Waals surface area contributed by atoms with Gasteiger partial charge in [-0.15, -0.1) is 0 Å². The fourth-order valence-electron chi connectivity index (χ4n) is 1.74. The summed E-state index contributed by atoms with van der Waals surface area (Å²) in [6, 6.07) is 0. The molecule has 106 valence electrons. The van der Waals surface area contributed by atoms with Crippen molar-refractivity contribution in [3.63, 3.8) is 0 Å². The molecule has 0 fully saturated rings. The maximum absolute atomic E-state index is 10.9. The van der Waals surface area contributed by atoms with Crippen LogP contribution in [0.5, 0.6) is 0 Å². The van der Waals surface area contributed by atoms with Gasteiger partial charge in [0.2, 0.25) is 11.8 Å². The molecule has 0 aliphatic heterocycles. The number of primary amides is 1. The third-order valence-electron chi connectivity index (χ3n) is 2.75. The smallest absolute Gasteiger partial charge is 0.233 e. The van der Waals surface area contributed by atoms with Crippen molar-refractivity contribution >= 4 is 11.8 Å². The third kappa shape index (κ3) is 10.0. The van der Waals surface area contributed by atoms with Crippen molar-refractivity contribution in [1.29, 1.82) is 0 Å². The molecule has 0 aliphatic carbocycles. The van der Waals surface area contributed by atoms with Crippen LogP contribution < -0.4 is 17.0 Å². The number of hydrogen-bond acceptors (Lipinski definition) is 4. The molecule has 0 rings (SSSR count). The molecule has 0 aromatic rings. The summed E-state index contributed by atoms with van der Waals surface area (Å²) in [5.74, 6) is 4.57. The minimum Gasteiger partial charge on any atom is -0.369 e. The summed E-state index contributed by atoms with van der Waals surface area (Å²) < 4.78 is 0. The minimum atomic E-state index is -0.284. The van der Waals surface area contributed by atoms with Crippen LogP contribution >= 0.6 is 0 Å². The lowest BCUT2D eigenvalue weighted by molar-refractivity contribution is -0.121. The van der Waals surface area contributed by atoms with E-state index in [0.29, 0.717) is 13.0 Å². The average Bonchev–Trinajstić information content (AvgIpc) is 2.34. The summed E-state index contributed by atoms with van der Waals surface area (Å²) in [4.78, 5) is 23.9. The van der Waals surface area contributed by atoms with Gasteiger partial charge >= 0.3 is 0 Å². The highest BCUT2D eigenvalue weighted by Crippen LogP contribution is 2.03. The van der Waals surface area contributed by atoms with Crippen LogP contribution in [0.2, 0.25) is 0 Å². The zero-order chi connectivity index (χ0) is 13.8. The molecule has 0 bridgehead atoms. The molecular weight excluding hydrogens is 232 g/mol. The molecule has 5 N–H and O–H groups in total. The lowest BCUT2D eigenvalue weighted by atomic mass is 10.1. The highest BCUT2D eigenvalue weighted by molar-refractivity contribution is 5.76. The Labute approximate surface area is 109 Å². The molecular formula is C12H26N4O2. The monoisotopic (exact) mass is 258 g/mol. The van der Waals surface area contributed by atoms with Gasteiger partial charge in [-0.3, -0.25) is 19.9 Å². The second-order valence-corrected chi connectivity index (χ2v) is 4.47. The molecule has 18 heavy (non-hydrogen) atoms. The molecule has 0 aromatic heterocycles. The molecule has 2 amide bonds. The molecule has 0 spiro atoms. The van der Waals surface area contributed by atoms with E-state index in [1.54, 1.807) is 0 Å². The van der Waals surface area contributed by atoms with Crippen molar-refractivity contribution in [1.82, 2.24) is 10.3 Å². The Hall–Kier alpha value is -1.14.